The van der Waals surface area contributed by atoms with Crippen molar-refractivity contribution in [1.82, 2.24) is 0 Å². The number of thiophene rings is 1. The monoisotopic (exact) mass is 467 g/mol. The van der Waals surface area contributed by atoms with Crippen molar-refractivity contribution in [1.29, 1.82) is 0 Å². The first kappa shape index (κ1) is 24.0. The van der Waals surface area contributed by atoms with Crippen LogP contribution in [0.3, 0.4) is 0 Å². The van der Waals surface area contributed by atoms with Gasteiger partial charge in [0.05, 0.1) is 6.61 Å². The highest BCUT2D eigenvalue weighted by molar-refractivity contribution is 7.17. The number of esters is 2. The van der Waals surface area contributed by atoms with E-state index in [-0.39, 0.29) is 12.2 Å². The van der Waals surface area contributed by atoms with Crippen molar-refractivity contribution in [2.75, 3.05) is 18.5 Å². The third-order valence-electron chi connectivity index (χ3n) is 4.65. The number of carbonyl (C=O) groups excluding carboxylic acids is 3. The summed E-state index contributed by atoms with van der Waals surface area (Å²) in [5.74, 6) is -0.552. The number of aryl methyl sites for hydroxylation is 3. The smallest absolute Gasteiger partial charge is 0.341 e. The standard InChI is InChI=1S/C25H25NO6S/c1-5-30-25(29)23-22(18-9-6-15(2)7-10-18)17(4)33-24(23)26-20(27)14-31-21(28)13-12-19-11-8-16(3)32-19/h6-13H,5,14H2,1-4H3,(H,26,27). The number of anilines is 1. The number of hydrogen-bond donors (Lipinski definition) is 1. The fourth-order valence-electron chi connectivity index (χ4n) is 3.14. The molecule has 0 aliphatic carbocycles. The number of amides is 1. The maximum Gasteiger partial charge on any atom is 0.341 e. The lowest BCUT2D eigenvalue weighted by Crippen LogP contribution is -2.21. The van der Waals surface area contributed by atoms with Gasteiger partial charge >= 0.3 is 11.9 Å². The number of benzene rings is 1. The quantitative estimate of drug-likeness (QED) is 0.357. The van der Waals surface area contributed by atoms with Crippen LogP contribution in [0.5, 0.6) is 0 Å². The maximum absolute atomic E-state index is 12.7. The van der Waals surface area contributed by atoms with Crippen LogP contribution in [0.4, 0.5) is 5.00 Å². The first-order valence-electron chi connectivity index (χ1n) is 10.4. The number of hydrogen-bond acceptors (Lipinski definition) is 7. The third-order valence-corrected chi connectivity index (χ3v) is 5.67. The van der Waals surface area contributed by atoms with Crippen molar-refractivity contribution in [3.8, 4) is 11.1 Å². The molecular weight excluding hydrogens is 442 g/mol. The molecule has 0 unspecified atom stereocenters. The summed E-state index contributed by atoms with van der Waals surface area (Å²) in [5.41, 5.74) is 2.94. The van der Waals surface area contributed by atoms with Crippen molar-refractivity contribution in [3.63, 3.8) is 0 Å². The van der Waals surface area contributed by atoms with Crippen LogP contribution in [0, 0.1) is 20.8 Å². The molecule has 1 aromatic carbocycles. The minimum absolute atomic E-state index is 0.202. The Balaban J connectivity index is 1.74. The summed E-state index contributed by atoms with van der Waals surface area (Å²) in [6, 6.07) is 11.2. The molecule has 33 heavy (non-hydrogen) atoms. The van der Waals surface area contributed by atoms with Crippen LogP contribution in [0.25, 0.3) is 17.2 Å². The van der Waals surface area contributed by atoms with Gasteiger partial charge in [0.1, 0.15) is 22.1 Å². The van der Waals surface area contributed by atoms with E-state index in [2.05, 4.69) is 5.32 Å². The molecule has 172 valence electrons. The molecule has 0 aliphatic rings. The van der Waals surface area contributed by atoms with E-state index in [4.69, 9.17) is 13.9 Å². The fourth-order valence-corrected chi connectivity index (χ4v) is 4.22. The zero-order chi connectivity index (χ0) is 24.0. The van der Waals surface area contributed by atoms with Gasteiger partial charge in [0.15, 0.2) is 6.61 Å². The number of carbonyl (C=O) groups is 3. The lowest BCUT2D eigenvalue weighted by atomic mass is 10.0. The van der Waals surface area contributed by atoms with E-state index in [9.17, 15) is 14.4 Å². The molecule has 0 saturated heterocycles. The molecule has 1 amide bonds. The number of ether oxygens (including phenoxy) is 2. The van der Waals surface area contributed by atoms with Gasteiger partial charge in [-0.15, -0.1) is 11.3 Å². The van der Waals surface area contributed by atoms with Gasteiger partial charge < -0.3 is 19.2 Å². The molecule has 7 nitrogen and oxygen atoms in total. The van der Waals surface area contributed by atoms with Crippen molar-refractivity contribution in [3.05, 3.63) is 70.0 Å². The van der Waals surface area contributed by atoms with Gasteiger partial charge in [-0.1, -0.05) is 29.8 Å². The van der Waals surface area contributed by atoms with E-state index >= 15 is 0 Å². The van der Waals surface area contributed by atoms with E-state index in [1.165, 1.54) is 23.5 Å². The second-order valence-corrected chi connectivity index (χ2v) is 8.49. The Bertz CT molecular complexity index is 1190. The molecule has 3 aromatic rings. The molecule has 3 rings (SSSR count). The highest BCUT2D eigenvalue weighted by atomic mass is 32.1. The highest BCUT2D eigenvalue weighted by Crippen LogP contribution is 2.40. The summed E-state index contributed by atoms with van der Waals surface area (Å²) in [4.78, 5) is 38.0. The van der Waals surface area contributed by atoms with E-state index in [1.807, 2.05) is 38.1 Å². The average molecular weight is 468 g/mol. The Hall–Kier alpha value is -3.65. The highest BCUT2D eigenvalue weighted by Gasteiger charge is 2.25. The lowest BCUT2D eigenvalue weighted by Gasteiger charge is -2.09. The molecule has 0 bridgehead atoms. The topological polar surface area (TPSA) is 94.8 Å². The SMILES string of the molecule is CCOC(=O)c1c(NC(=O)COC(=O)C=Cc2ccc(C)o2)sc(C)c1-c1ccc(C)cc1. The molecule has 0 fully saturated rings. The third kappa shape index (κ3) is 6.20. The van der Waals surface area contributed by atoms with Crippen LogP contribution < -0.4 is 5.32 Å². The van der Waals surface area contributed by atoms with Crippen LogP contribution in [-0.4, -0.2) is 31.1 Å². The van der Waals surface area contributed by atoms with Crippen molar-refractivity contribution >= 4 is 40.3 Å². The summed E-state index contributed by atoms with van der Waals surface area (Å²) in [5, 5.41) is 3.03. The second-order valence-electron chi connectivity index (χ2n) is 7.26. The van der Waals surface area contributed by atoms with Gasteiger partial charge in [-0.2, -0.15) is 0 Å². The molecular formula is C25H25NO6S. The minimum atomic E-state index is -0.687. The normalized spacial score (nSPS) is 10.9. The number of nitrogens with one attached hydrogen (secondary N) is 1. The molecule has 0 atom stereocenters. The molecule has 2 aromatic heterocycles. The van der Waals surface area contributed by atoms with Crippen molar-refractivity contribution in [2.24, 2.45) is 0 Å². The summed E-state index contributed by atoms with van der Waals surface area (Å²) in [6.45, 7) is 7.07. The largest absolute Gasteiger partial charge is 0.462 e. The van der Waals surface area contributed by atoms with Crippen molar-refractivity contribution < 1.29 is 28.3 Å². The zero-order valence-electron chi connectivity index (χ0n) is 18.9. The summed E-state index contributed by atoms with van der Waals surface area (Å²) in [7, 11) is 0. The zero-order valence-corrected chi connectivity index (χ0v) is 19.7. The Kier molecular flexibility index (Phi) is 7.84. The molecule has 0 saturated carbocycles. The van der Waals surface area contributed by atoms with Gasteiger partial charge in [-0.25, -0.2) is 9.59 Å². The lowest BCUT2D eigenvalue weighted by molar-refractivity contribution is -0.142. The number of rotatable bonds is 8. The second kappa shape index (κ2) is 10.8. The summed E-state index contributed by atoms with van der Waals surface area (Å²) >= 11 is 1.27. The Morgan fingerprint density at radius 2 is 1.76 bits per heavy atom. The summed E-state index contributed by atoms with van der Waals surface area (Å²) in [6.07, 6.45) is 2.64. The predicted molar refractivity (Wildman–Crippen MR) is 127 cm³/mol. The van der Waals surface area contributed by atoms with Crippen LogP contribution >= 0.6 is 11.3 Å². The van der Waals surface area contributed by atoms with Gasteiger partial charge in [-0.3, -0.25) is 4.79 Å². The molecule has 1 N–H and O–H groups in total. The first-order chi connectivity index (χ1) is 15.8. The maximum atomic E-state index is 12.7. The van der Waals surface area contributed by atoms with E-state index < -0.39 is 24.5 Å². The predicted octanol–water partition coefficient (Wildman–Crippen LogP) is 5.31. The van der Waals surface area contributed by atoms with Crippen LogP contribution in [0.2, 0.25) is 0 Å². The van der Waals surface area contributed by atoms with Gasteiger partial charge in [-0.05, 0) is 51.5 Å². The first-order valence-corrected chi connectivity index (χ1v) is 11.2. The Labute approximate surface area is 196 Å². The van der Waals surface area contributed by atoms with E-state index in [0.717, 1.165) is 21.8 Å². The van der Waals surface area contributed by atoms with Crippen LogP contribution in [-0.2, 0) is 19.1 Å². The van der Waals surface area contributed by atoms with Gasteiger partial charge in [0.25, 0.3) is 5.91 Å². The minimum Gasteiger partial charge on any atom is -0.462 e. The van der Waals surface area contributed by atoms with Gasteiger partial charge in [0.2, 0.25) is 0 Å². The van der Waals surface area contributed by atoms with E-state index in [0.29, 0.717) is 16.3 Å². The molecule has 0 radical (unpaired) electrons. The fraction of sp³-hybridized carbons (Fsp3) is 0.240. The average Bonchev–Trinajstić information content (AvgIpc) is 3.34. The summed E-state index contributed by atoms with van der Waals surface area (Å²) < 4.78 is 15.6. The van der Waals surface area contributed by atoms with Crippen LogP contribution in [0.15, 0.2) is 46.9 Å². The molecule has 0 aliphatic heterocycles. The van der Waals surface area contributed by atoms with Gasteiger partial charge in [0, 0.05) is 16.5 Å². The Morgan fingerprint density at radius 1 is 1.03 bits per heavy atom. The Morgan fingerprint density at radius 3 is 2.39 bits per heavy atom. The molecule has 2 heterocycles. The number of furan rings is 1. The molecule has 0 spiro atoms. The van der Waals surface area contributed by atoms with Crippen molar-refractivity contribution in [2.45, 2.75) is 27.7 Å². The van der Waals surface area contributed by atoms with Crippen LogP contribution in [0.1, 0.15) is 39.2 Å². The molecule has 8 heteroatoms. The van der Waals surface area contributed by atoms with E-state index in [1.54, 1.807) is 26.0 Å².